The molecule has 0 spiro atoms. The molecule has 0 aliphatic rings. The van der Waals surface area contributed by atoms with E-state index in [1.165, 1.54) is 12.1 Å². The largest absolute Gasteiger partial charge is 0.294 e. The van der Waals surface area contributed by atoms with Gasteiger partial charge in [-0.15, -0.1) is 24.0 Å². The van der Waals surface area contributed by atoms with Crippen LogP contribution >= 0.6 is 24.0 Å². The van der Waals surface area contributed by atoms with Crippen LogP contribution in [0.25, 0.3) is 0 Å². The van der Waals surface area contributed by atoms with Crippen molar-refractivity contribution in [2.24, 2.45) is 0 Å². The van der Waals surface area contributed by atoms with Gasteiger partial charge in [0.25, 0.3) is 10.1 Å². The monoisotopic (exact) mass is 270 g/mol. The normalized spacial score (nSPS) is 12.0. The van der Waals surface area contributed by atoms with Crippen LogP contribution in [0.5, 0.6) is 0 Å². The maximum atomic E-state index is 10.7. The van der Waals surface area contributed by atoms with E-state index in [1.807, 2.05) is 0 Å². The molecule has 0 saturated heterocycles. The standard InChI is InChI=1S/C9H11ClO3S.ClH/c1-9(2,10)7-3-5-8(6-4-7)14(11,12)13;/h3-6H,1-2H3,(H,11,12,13);1H. The van der Waals surface area contributed by atoms with Crippen LogP contribution in [0.4, 0.5) is 0 Å². The predicted octanol–water partition coefficient (Wildman–Crippen LogP) is 2.83. The van der Waals surface area contributed by atoms with E-state index in [1.54, 1.807) is 26.0 Å². The highest BCUT2D eigenvalue weighted by atomic mass is 35.5. The van der Waals surface area contributed by atoms with Gasteiger partial charge < -0.3 is 0 Å². The van der Waals surface area contributed by atoms with E-state index in [0.717, 1.165) is 5.56 Å². The summed E-state index contributed by atoms with van der Waals surface area (Å²) in [7, 11) is -4.11. The Morgan fingerprint density at radius 1 is 1.20 bits per heavy atom. The Morgan fingerprint density at radius 2 is 1.60 bits per heavy atom. The lowest BCUT2D eigenvalue weighted by Crippen LogP contribution is -2.07. The number of hydrogen-bond donors (Lipinski definition) is 1. The first kappa shape index (κ1) is 14.7. The lowest BCUT2D eigenvalue weighted by atomic mass is 10.0. The van der Waals surface area contributed by atoms with Crippen molar-refractivity contribution in [1.82, 2.24) is 0 Å². The first-order valence-corrected chi connectivity index (χ1v) is 5.80. The molecule has 0 saturated carbocycles. The van der Waals surface area contributed by atoms with Crippen LogP contribution in [-0.4, -0.2) is 13.0 Å². The van der Waals surface area contributed by atoms with E-state index in [4.69, 9.17) is 16.2 Å². The van der Waals surface area contributed by atoms with Gasteiger partial charge >= 0.3 is 0 Å². The first-order chi connectivity index (χ1) is 6.21. The molecule has 0 fully saturated rings. The Labute approximate surface area is 101 Å². The molecule has 0 aliphatic heterocycles. The summed E-state index contributed by atoms with van der Waals surface area (Å²) in [6.07, 6.45) is 0. The van der Waals surface area contributed by atoms with Crippen molar-refractivity contribution in [2.75, 3.05) is 0 Å². The number of hydrogen-bond acceptors (Lipinski definition) is 2. The quantitative estimate of drug-likeness (QED) is 0.664. The van der Waals surface area contributed by atoms with Crippen molar-refractivity contribution in [2.45, 2.75) is 23.6 Å². The van der Waals surface area contributed by atoms with Gasteiger partial charge in [0.2, 0.25) is 0 Å². The Morgan fingerprint density at radius 3 is 1.87 bits per heavy atom. The minimum absolute atomic E-state index is 0. The third-order valence-corrected chi connectivity index (χ3v) is 2.92. The first-order valence-electron chi connectivity index (χ1n) is 3.98. The topological polar surface area (TPSA) is 54.4 Å². The van der Waals surface area contributed by atoms with Crippen LogP contribution in [0.15, 0.2) is 29.2 Å². The third kappa shape index (κ3) is 3.99. The van der Waals surface area contributed by atoms with Crippen molar-refractivity contribution >= 4 is 34.1 Å². The van der Waals surface area contributed by atoms with E-state index in [0.29, 0.717) is 0 Å². The number of rotatable bonds is 2. The summed E-state index contributed by atoms with van der Waals surface area (Å²) in [6.45, 7) is 3.61. The lowest BCUT2D eigenvalue weighted by Gasteiger charge is -2.15. The summed E-state index contributed by atoms with van der Waals surface area (Å²) in [4.78, 5) is -0.667. The SMILES string of the molecule is CC(C)(Cl)c1ccc(S(=O)(=O)O)cc1.Cl. The van der Waals surface area contributed by atoms with Gasteiger partial charge in [-0.25, -0.2) is 0 Å². The Kier molecular flexibility index (Phi) is 4.61. The third-order valence-electron chi connectivity index (χ3n) is 1.84. The molecular weight excluding hydrogens is 259 g/mol. The van der Waals surface area contributed by atoms with Crippen molar-refractivity contribution in [1.29, 1.82) is 0 Å². The van der Waals surface area contributed by atoms with Crippen molar-refractivity contribution in [3.63, 3.8) is 0 Å². The zero-order valence-corrected chi connectivity index (χ0v) is 10.7. The van der Waals surface area contributed by atoms with Crippen LogP contribution in [0.2, 0.25) is 0 Å². The van der Waals surface area contributed by atoms with Gasteiger partial charge in [-0.1, -0.05) is 12.1 Å². The molecule has 0 amide bonds. The van der Waals surface area contributed by atoms with Crippen molar-refractivity contribution < 1.29 is 13.0 Å². The molecule has 86 valence electrons. The van der Waals surface area contributed by atoms with Crippen LogP contribution in [0.3, 0.4) is 0 Å². The minimum atomic E-state index is -4.11. The Balaban J connectivity index is 0.00000196. The van der Waals surface area contributed by atoms with Gasteiger partial charge in [0.1, 0.15) is 0 Å². The molecule has 1 rings (SSSR count). The number of halogens is 2. The molecule has 15 heavy (non-hydrogen) atoms. The fourth-order valence-electron chi connectivity index (χ4n) is 1.02. The second kappa shape index (κ2) is 4.70. The summed E-state index contributed by atoms with van der Waals surface area (Å²) >= 11 is 6.01. The van der Waals surface area contributed by atoms with E-state index in [-0.39, 0.29) is 17.3 Å². The fraction of sp³-hybridized carbons (Fsp3) is 0.333. The molecule has 1 aromatic carbocycles. The predicted molar refractivity (Wildman–Crippen MR) is 62.4 cm³/mol. The molecule has 0 unspecified atom stereocenters. The minimum Gasteiger partial charge on any atom is -0.282 e. The highest BCUT2D eigenvalue weighted by Gasteiger charge is 2.17. The van der Waals surface area contributed by atoms with Crippen LogP contribution in [0.1, 0.15) is 19.4 Å². The summed E-state index contributed by atoms with van der Waals surface area (Å²) in [5.74, 6) is 0. The van der Waals surface area contributed by atoms with Gasteiger partial charge in [-0.3, -0.25) is 4.55 Å². The maximum absolute atomic E-state index is 10.7. The van der Waals surface area contributed by atoms with Gasteiger partial charge in [-0.2, -0.15) is 8.42 Å². The molecule has 0 radical (unpaired) electrons. The second-order valence-corrected chi connectivity index (χ2v) is 5.84. The zero-order valence-electron chi connectivity index (χ0n) is 8.27. The lowest BCUT2D eigenvalue weighted by molar-refractivity contribution is 0.483. The van der Waals surface area contributed by atoms with Crippen LogP contribution in [0, 0.1) is 0 Å². The van der Waals surface area contributed by atoms with Gasteiger partial charge in [0, 0.05) is 0 Å². The smallest absolute Gasteiger partial charge is 0.282 e. The molecule has 1 N–H and O–H groups in total. The van der Waals surface area contributed by atoms with E-state index in [9.17, 15) is 8.42 Å². The average molecular weight is 271 g/mol. The van der Waals surface area contributed by atoms with Gasteiger partial charge in [0.05, 0.1) is 9.77 Å². The van der Waals surface area contributed by atoms with Crippen LogP contribution in [-0.2, 0) is 15.0 Å². The average Bonchev–Trinajstić information content (AvgIpc) is 2.01. The molecule has 0 bridgehead atoms. The van der Waals surface area contributed by atoms with E-state index < -0.39 is 15.0 Å². The maximum Gasteiger partial charge on any atom is 0.294 e. The molecule has 3 nitrogen and oxygen atoms in total. The van der Waals surface area contributed by atoms with Gasteiger partial charge in [-0.05, 0) is 31.5 Å². The summed E-state index contributed by atoms with van der Waals surface area (Å²) in [5.41, 5.74) is 0.798. The van der Waals surface area contributed by atoms with Crippen molar-refractivity contribution in [3.8, 4) is 0 Å². The Bertz CT molecular complexity index is 418. The van der Waals surface area contributed by atoms with Crippen molar-refractivity contribution in [3.05, 3.63) is 29.8 Å². The Hall–Kier alpha value is -0.290. The number of alkyl halides is 1. The van der Waals surface area contributed by atoms with Crippen LogP contribution < -0.4 is 0 Å². The highest BCUT2D eigenvalue weighted by molar-refractivity contribution is 7.85. The fourth-order valence-corrected chi connectivity index (χ4v) is 1.63. The molecule has 1 aromatic rings. The summed E-state index contributed by atoms with van der Waals surface area (Å²) < 4.78 is 30.2. The second-order valence-electron chi connectivity index (χ2n) is 3.47. The highest BCUT2D eigenvalue weighted by Crippen LogP contribution is 2.27. The molecular formula is C9H12Cl2O3S. The summed E-state index contributed by atoms with van der Waals surface area (Å²) in [5, 5.41) is 0. The molecule has 0 atom stereocenters. The molecule has 6 heteroatoms. The zero-order chi connectivity index (χ0) is 11.0. The molecule has 0 aliphatic carbocycles. The molecule has 0 heterocycles. The summed E-state index contributed by atoms with van der Waals surface area (Å²) in [6, 6.07) is 5.82. The van der Waals surface area contributed by atoms with E-state index >= 15 is 0 Å². The van der Waals surface area contributed by atoms with E-state index in [2.05, 4.69) is 0 Å². The molecule has 0 aromatic heterocycles. The number of benzene rings is 1. The van der Waals surface area contributed by atoms with Gasteiger partial charge in [0.15, 0.2) is 0 Å².